The molecule has 0 atom stereocenters. The first-order chi connectivity index (χ1) is 5.16. The summed E-state index contributed by atoms with van der Waals surface area (Å²) in [6, 6.07) is 0. The van der Waals surface area contributed by atoms with Crippen molar-refractivity contribution in [3.63, 3.8) is 0 Å². The average molecular weight is 159 g/mol. The van der Waals surface area contributed by atoms with E-state index in [9.17, 15) is 0 Å². The molecule has 0 aromatic heterocycles. The van der Waals surface area contributed by atoms with Crippen molar-refractivity contribution in [2.24, 2.45) is 0 Å². The van der Waals surface area contributed by atoms with Crippen LogP contribution >= 0.6 is 0 Å². The molecule has 1 heterocycles. The molecule has 11 heavy (non-hydrogen) atoms. The van der Waals surface area contributed by atoms with Crippen LogP contribution in [0.25, 0.3) is 0 Å². The maximum atomic E-state index is 5.45. The minimum Gasteiger partial charge on any atom is -0.347 e. The molecule has 1 rings (SSSR count). The minimum absolute atomic E-state index is 0.356. The Balaban J connectivity index is 2.33. The predicted octanol–water partition coefficient (Wildman–Crippen LogP) is 0.701. The molecule has 0 saturated carbocycles. The number of nitrogens with zero attached hydrogens (tertiary/aromatic N) is 1. The lowest BCUT2D eigenvalue weighted by Gasteiger charge is -2.27. The first kappa shape index (κ1) is 8.97. The second kappa shape index (κ2) is 3.52. The summed E-state index contributed by atoms with van der Waals surface area (Å²) < 4.78 is 10.9. The van der Waals surface area contributed by atoms with Crippen LogP contribution in [0.3, 0.4) is 0 Å². The Morgan fingerprint density at radius 3 is 2.36 bits per heavy atom. The lowest BCUT2D eigenvalue weighted by atomic mass is 10.3. The minimum atomic E-state index is -0.356. The Kier molecular flexibility index (Phi) is 2.87. The average Bonchev–Trinajstić information content (AvgIpc) is 2.36. The highest BCUT2D eigenvalue weighted by Crippen LogP contribution is 2.18. The Morgan fingerprint density at radius 1 is 1.36 bits per heavy atom. The maximum absolute atomic E-state index is 5.45. The molecule has 1 saturated heterocycles. The smallest absolute Gasteiger partial charge is 0.178 e. The van der Waals surface area contributed by atoms with Crippen molar-refractivity contribution < 1.29 is 9.47 Å². The van der Waals surface area contributed by atoms with Crippen LogP contribution in [0.1, 0.15) is 13.8 Å². The molecule has 0 aromatic rings. The van der Waals surface area contributed by atoms with Gasteiger partial charge in [-0.15, -0.1) is 0 Å². The molecular formula is C8H17NO2. The fourth-order valence-corrected chi connectivity index (χ4v) is 1.25. The molecule has 0 radical (unpaired) electrons. The predicted molar refractivity (Wildman–Crippen MR) is 43.5 cm³/mol. The van der Waals surface area contributed by atoms with E-state index in [0.29, 0.717) is 0 Å². The van der Waals surface area contributed by atoms with Crippen LogP contribution in [0, 0.1) is 0 Å². The van der Waals surface area contributed by atoms with Crippen LogP contribution in [0.4, 0.5) is 0 Å². The van der Waals surface area contributed by atoms with E-state index < -0.39 is 0 Å². The molecule has 0 bridgehead atoms. The third-order valence-electron chi connectivity index (χ3n) is 2.00. The van der Waals surface area contributed by atoms with Crippen molar-refractivity contribution in [1.82, 2.24) is 4.90 Å². The summed E-state index contributed by atoms with van der Waals surface area (Å²) in [5.74, 6) is -0.356. The fourth-order valence-electron chi connectivity index (χ4n) is 1.25. The second-order valence-electron chi connectivity index (χ2n) is 3.16. The first-order valence-electron chi connectivity index (χ1n) is 4.13. The SMILES string of the molecule is CCN(C)CC1(C)OCCO1. The fraction of sp³-hybridized carbons (Fsp3) is 1.00. The van der Waals surface area contributed by atoms with Gasteiger partial charge in [0.1, 0.15) is 0 Å². The molecule has 0 amide bonds. The van der Waals surface area contributed by atoms with Gasteiger partial charge in [0.2, 0.25) is 0 Å². The number of hydrogen-bond donors (Lipinski definition) is 0. The van der Waals surface area contributed by atoms with Gasteiger partial charge in [-0.25, -0.2) is 0 Å². The topological polar surface area (TPSA) is 21.7 Å². The molecular weight excluding hydrogens is 142 g/mol. The van der Waals surface area contributed by atoms with E-state index in [2.05, 4.69) is 18.9 Å². The summed E-state index contributed by atoms with van der Waals surface area (Å²) in [5, 5.41) is 0. The molecule has 0 aliphatic carbocycles. The number of ether oxygens (including phenoxy) is 2. The van der Waals surface area contributed by atoms with Crippen molar-refractivity contribution in [2.45, 2.75) is 19.6 Å². The maximum Gasteiger partial charge on any atom is 0.178 e. The van der Waals surface area contributed by atoms with Crippen molar-refractivity contribution in [3.8, 4) is 0 Å². The molecule has 1 fully saturated rings. The zero-order chi connectivity index (χ0) is 8.32. The van der Waals surface area contributed by atoms with Crippen LogP contribution in [0.15, 0.2) is 0 Å². The van der Waals surface area contributed by atoms with E-state index in [4.69, 9.17) is 9.47 Å². The summed E-state index contributed by atoms with van der Waals surface area (Å²) in [6.07, 6.45) is 0. The van der Waals surface area contributed by atoms with Gasteiger partial charge in [0.05, 0.1) is 19.8 Å². The van der Waals surface area contributed by atoms with Gasteiger partial charge in [-0.2, -0.15) is 0 Å². The van der Waals surface area contributed by atoms with E-state index in [1.165, 1.54) is 0 Å². The summed E-state index contributed by atoms with van der Waals surface area (Å²) in [7, 11) is 2.07. The van der Waals surface area contributed by atoms with Gasteiger partial charge < -0.3 is 14.4 Å². The molecule has 0 spiro atoms. The van der Waals surface area contributed by atoms with Crippen molar-refractivity contribution >= 4 is 0 Å². The van der Waals surface area contributed by atoms with Crippen LogP contribution < -0.4 is 0 Å². The number of likely N-dealkylation sites (N-methyl/N-ethyl adjacent to an activating group) is 1. The zero-order valence-corrected chi connectivity index (χ0v) is 7.59. The highest BCUT2D eigenvalue weighted by atomic mass is 16.7. The lowest BCUT2D eigenvalue weighted by Crippen LogP contribution is -2.39. The summed E-state index contributed by atoms with van der Waals surface area (Å²) in [5.41, 5.74) is 0. The van der Waals surface area contributed by atoms with Crippen LogP contribution in [-0.2, 0) is 9.47 Å². The highest BCUT2D eigenvalue weighted by molar-refractivity contribution is 4.71. The summed E-state index contributed by atoms with van der Waals surface area (Å²) in [4.78, 5) is 2.19. The van der Waals surface area contributed by atoms with Gasteiger partial charge in [0, 0.05) is 0 Å². The van der Waals surface area contributed by atoms with Crippen LogP contribution in [0.5, 0.6) is 0 Å². The molecule has 3 nitrogen and oxygen atoms in total. The second-order valence-corrected chi connectivity index (χ2v) is 3.16. The van der Waals surface area contributed by atoms with Gasteiger partial charge in [0.15, 0.2) is 5.79 Å². The molecule has 0 N–H and O–H groups in total. The highest BCUT2D eigenvalue weighted by Gasteiger charge is 2.31. The van der Waals surface area contributed by atoms with E-state index in [-0.39, 0.29) is 5.79 Å². The van der Waals surface area contributed by atoms with Gasteiger partial charge in [-0.05, 0) is 20.5 Å². The third kappa shape index (κ3) is 2.43. The molecule has 3 heteroatoms. The zero-order valence-electron chi connectivity index (χ0n) is 7.59. The van der Waals surface area contributed by atoms with Gasteiger partial charge in [0.25, 0.3) is 0 Å². The molecule has 0 unspecified atom stereocenters. The largest absolute Gasteiger partial charge is 0.347 e. The molecule has 1 aliphatic heterocycles. The van der Waals surface area contributed by atoms with Gasteiger partial charge in [-0.1, -0.05) is 6.92 Å². The van der Waals surface area contributed by atoms with Gasteiger partial charge >= 0.3 is 0 Å². The van der Waals surface area contributed by atoms with Crippen LogP contribution in [-0.4, -0.2) is 44.0 Å². The number of rotatable bonds is 3. The van der Waals surface area contributed by atoms with Crippen LogP contribution in [0.2, 0.25) is 0 Å². The standard InChI is InChI=1S/C8H17NO2/c1-4-9(3)7-8(2)10-5-6-11-8/h4-7H2,1-3H3. The summed E-state index contributed by atoms with van der Waals surface area (Å²) >= 11 is 0. The Labute approximate surface area is 68.3 Å². The van der Waals surface area contributed by atoms with Crippen molar-refractivity contribution in [3.05, 3.63) is 0 Å². The quantitative estimate of drug-likeness (QED) is 0.605. The Morgan fingerprint density at radius 2 is 1.91 bits per heavy atom. The van der Waals surface area contributed by atoms with Gasteiger partial charge in [-0.3, -0.25) is 0 Å². The van der Waals surface area contributed by atoms with E-state index in [0.717, 1.165) is 26.3 Å². The van der Waals surface area contributed by atoms with E-state index in [1.54, 1.807) is 0 Å². The molecule has 66 valence electrons. The Hall–Kier alpha value is -0.120. The summed E-state index contributed by atoms with van der Waals surface area (Å²) in [6.45, 7) is 7.46. The first-order valence-corrected chi connectivity index (χ1v) is 4.13. The van der Waals surface area contributed by atoms with E-state index >= 15 is 0 Å². The lowest BCUT2D eigenvalue weighted by molar-refractivity contribution is -0.153. The molecule has 0 aromatic carbocycles. The normalized spacial score (nSPS) is 22.9. The van der Waals surface area contributed by atoms with E-state index in [1.807, 2.05) is 6.92 Å². The monoisotopic (exact) mass is 159 g/mol. The Bertz CT molecular complexity index is 121. The van der Waals surface area contributed by atoms with Crippen molar-refractivity contribution in [1.29, 1.82) is 0 Å². The molecule has 1 aliphatic rings. The third-order valence-corrected chi connectivity index (χ3v) is 2.00. The van der Waals surface area contributed by atoms with Crippen molar-refractivity contribution in [2.75, 3.05) is 33.4 Å². The number of hydrogen-bond acceptors (Lipinski definition) is 3.